The van der Waals surface area contributed by atoms with Crippen molar-refractivity contribution in [3.8, 4) is 5.75 Å². The average Bonchev–Trinajstić information content (AvgIpc) is 2.81. The first-order valence-electron chi connectivity index (χ1n) is 6.85. The van der Waals surface area contributed by atoms with Crippen molar-refractivity contribution in [2.75, 3.05) is 12.0 Å². The molecule has 2 aromatic carbocycles. The van der Waals surface area contributed by atoms with Crippen molar-refractivity contribution in [3.63, 3.8) is 0 Å². The minimum atomic E-state index is -0.219. The predicted molar refractivity (Wildman–Crippen MR) is 95.6 cm³/mol. The van der Waals surface area contributed by atoms with E-state index in [1.807, 2.05) is 24.3 Å². The lowest BCUT2D eigenvalue weighted by Gasteiger charge is -2.14. The monoisotopic (exact) mass is 344 g/mol. The summed E-state index contributed by atoms with van der Waals surface area (Å²) in [4.78, 5) is 14.1. The maximum Gasteiger partial charge on any atom is 0.281 e. The summed E-state index contributed by atoms with van der Waals surface area (Å²) >= 11 is 11.3. The largest absolute Gasteiger partial charge is 0.497 e. The molecule has 0 aliphatic carbocycles. The van der Waals surface area contributed by atoms with Crippen LogP contribution in [-0.2, 0) is 4.79 Å². The van der Waals surface area contributed by atoms with E-state index < -0.39 is 0 Å². The summed E-state index contributed by atoms with van der Waals surface area (Å²) in [7, 11) is 1.58. The van der Waals surface area contributed by atoms with Gasteiger partial charge in [0.2, 0.25) is 0 Å². The summed E-state index contributed by atoms with van der Waals surface area (Å²) in [5.74, 6) is 0.439. The Labute approximate surface area is 144 Å². The van der Waals surface area contributed by atoms with Gasteiger partial charge in [-0.2, -0.15) is 0 Å². The molecule has 0 radical (unpaired) electrons. The van der Waals surface area contributed by atoms with Crippen LogP contribution in [0.25, 0.3) is 6.08 Å². The van der Waals surface area contributed by atoms with Crippen molar-refractivity contribution < 1.29 is 9.53 Å². The topological polar surface area (TPSA) is 41.6 Å². The van der Waals surface area contributed by atoms with E-state index in [4.69, 9.17) is 28.6 Å². The molecule has 1 fully saturated rings. The molecule has 1 aliphatic heterocycles. The number of benzene rings is 2. The van der Waals surface area contributed by atoms with Crippen LogP contribution in [0.1, 0.15) is 5.56 Å². The molecule has 4 nitrogen and oxygen atoms in total. The van der Waals surface area contributed by atoms with Crippen LogP contribution in [0.3, 0.4) is 0 Å². The molecule has 0 saturated carbocycles. The van der Waals surface area contributed by atoms with E-state index in [1.54, 1.807) is 37.5 Å². The Hall–Kier alpha value is -2.37. The summed E-state index contributed by atoms with van der Waals surface area (Å²) in [6.07, 6.45) is 1.72. The summed E-state index contributed by atoms with van der Waals surface area (Å²) in [6, 6.07) is 14.4. The molecule has 1 amide bonds. The zero-order chi connectivity index (χ0) is 16.4. The van der Waals surface area contributed by atoms with E-state index in [1.165, 1.54) is 4.90 Å². The summed E-state index contributed by atoms with van der Waals surface area (Å²) in [5.41, 5.74) is 1.88. The van der Waals surface area contributed by atoms with E-state index in [9.17, 15) is 4.79 Å². The SMILES string of the molecule is COc1cccc(N2C(=O)/C(=C/c3cccc(Cl)c3)NC2=S)c1. The van der Waals surface area contributed by atoms with E-state index >= 15 is 0 Å². The Morgan fingerprint density at radius 1 is 1.22 bits per heavy atom. The van der Waals surface area contributed by atoms with Crippen molar-refractivity contribution in [3.05, 3.63) is 64.8 Å². The van der Waals surface area contributed by atoms with Crippen LogP contribution in [0, 0.1) is 0 Å². The van der Waals surface area contributed by atoms with Gasteiger partial charge in [0.1, 0.15) is 11.4 Å². The summed E-state index contributed by atoms with van der Waals surface area (Å²) in [6.45, 7) is 0. The van der Waals surface area contributed by atoms with Crippen LogP contribution in [0.4, 0.5) is 5.69 Å². The third-order valence-electron chi connectivity index (χ3n) is 3.35. The minimum Gasteiger partial charge on any atom is -0.497 e. The molecule has 0 spiro atoms. The second kappa shape index (κ2) is 6.40. The highest BCUT2D eigenvalue weighted by molar-refractivity contribution is 7.80. The number of nitrogens with zero attached hydrogens (tertiary/aromatic N) is 1. The van der Waals surface area contributed by atoms with Crippen molar-refractivity contribution in [2.24, 2.45) is 0 Å². The molecule has 0 unspecified atom stereocenters. The van der Waals surface area contributed by atoms with Crippen molar-refractivity contribution in [1.29, 1.82) is 0 Å². The highest BCUT2D eigenvalue weighted by Gasteiger charge is 2.32. The van der Waals surface area contributed by atoms with E-state index in [2.05, 4.69) is 5.32 Å². The number of nitrogens with one attached hydrogen (secondary N) is 1. The molecule has 3 rings (SSSR count). The Kier molecular flexibility index (Phi) is 4.32. The minimum absolute atomic E-state index is 0.219. The van der Waals surface area contributed by atoms with Crippen molar-refractivity contribution in [2.45, 2.75) is 0 Å². The van der Waals surface area contributed by atoms with Crippen molar-refractivity contribution in [1.82, 2.24) is 5.32 Å². The van der Waals surface area contributed by atoms with Crippen LogP contribution >= 0.6 is 23.8 Å². The maximum atomic E-state index is 12.6. The number of amides is 1. The normalized spacial score (nSPS) is 15.9. The second-order valence-corrected chi connectivity index (χ2v) is 5.71. The van der Waals surface area contributed by atoms with Gasteiger partial charge in [-0.1, -0.05) is 29.8 Å². The first-order chi connectivity index (χ1) is 11.1. The third kappa shape index (κ3) is 3.21. The standard InChI is InChI=1S/C17H13ClN2O2S/c1-22-14-7-3-6-13(10-14)20-16(21)15(19-17(20)23)9-11-4-2-5-12(18)8-11/h2-10H,1H3,(H,19,23)/b15-9-. The van der Waals surface area contributed by atoms with Crippen molar-refractivity contribution >= 4 is 46.6 Å². The number of ether oxygens (including phenoxy) is 1. The zero-order valence-corrected chi connectivity index (χ0v) is 13.8. The quantitative estimate of drug-likeness (QED) is 0.682. The molecule has 116 valence electrons. The van der Waals surface area contributed by atoms with Gasteiger partial charge in [0.15, 0.2) is 5.11 Å². The number of hydrogen-bond acceptors (Lipinski definition) is 3. The smallest absolute Gasteiger partial charge is 0.281 e. The van der Waals surface area contributed by atoms with Gasteiger partial charge in [0, 0.05) is 11.1 Å². The molecular weight excluding hydrogens is 332 g/mol. The lowest BCUT2D eigenvalue weighted by molar-refractivity contribution is -0.113. The Morgan fingerprint density at radius 3 is 2.74 bits per heavy atom. The molecule has 6 heteroatoms. The van der Waals surface area contributed by atoms with Crippen LogP contribution in [0.2, 0.25) is 5.02 Å². The van der Waals surface area contributed by atoms with Gasteiger partial charge in [0.05, 0.1) is 12.8 Å². The molecule has 1 aliphatic rings. The van der Waals surface area contributed by atoms with Crippen LogP contribution in [0.15, 0.2) is 54.2 Å². The number of rotatable bonds is 3. The first kappa shape index (κ1) is 15.5. The fraction of sp³-hybridized carbons (Fsp3) is 0.0588. The Morgan fingerprint density at radius 2 is 2.00 bits per heavy atom. The lowest BCUT2D eigenvalue weighted by Crippen LogP contribution is -2.30. The lowest BCUT2D eigenvalue weighted by atomic mass is 10.2. The number of carbonyl (C=O) groups is 1. The first-order valence-corrected chi connectivity index (χ1v) is 7.64. The molecule has 1 saturated heterocycles. The number of methoxy groups -OCH3 is 1. The average molecular weight is 345 g/mol. The number of carbonyl (C=O) groups excluding carboxylic acids is 1. The Bertz CT molecular complexity index is 820. The molecule has 23 heavy (non-hydrogen) atoms. The van der Waals surface area contributed by atoms with Crippen LogP contribution in [0.5, 0.6) is 5.75 Å². The predicted octanol–water partition coefficient (Wildman–Crippen LogP) is 3.61. The van der Waals surface area contributed by atoms with E-state index in [0.717, 1.165) is 5.56 Å². The van der Waals surface area contributed by atoms with Crippen LogP contribution in [-0.4, -0.2) is 18.1 Å². The molecule has 2 aromatic rings. The van der Waals surface area contributed by atoms with Gasteiger partial charge in [-0.05, 0) is 48.1 Å². The number of halogens is 1. The second-order valence-electron chi connectivity index (χ2n) is 4.89. The van der Waals surface area contributed by atoms with E-state index in [-0.39, 0.29) is 5.91 Å². The van der Waals surface area contributed by atoms with E-state index in [0.29, 0.717) is 27.3 Å². The molecular formula is C17H13ClN2O2S. The molecule has 0 aromatic heterocycles. The van der Waals surface area contributed by atoms with Gasteiger partial charge >= 0.3 is 0 Å². The third-order valence-corrected chi connectivity index (χ3v) is 3.87. The number of thiocarbonyl (C=S) groups is 1. The van der Waals surface area contributed by atoms with Crippen LogP contribution < -0.4 is 15.0 Å². The van der Waals surface area contributed by atoms with Gasteiger partial charge in [-0.25, -0.2) is 0 Å². The van der Waals surface area contributed by atoms with Gasteiger partial charge in [-0.3, -0.25) is 9.69 Å². The number of anilines is 1. The van der Waals surface area contributed by atoms with Gasteiger partial charge in [-0.15, -0.1) is 0 Å². The highest BCUT2D eigenvalue weighted by atomic mass is 35.5. The summed E-state index contributed by atoms with van der Waals surface area (Å²) < 4.78 is 5.19. The van der Waals surface area contributed by atoms with Gasteiger partial charge < -0.3 is 10.1 Å². The van der Waals surface area contributed by atoms with Gasteiger partial charge in [0.25, 0.3) is 5.91 Å². The molecule has 1 N–H and O–H groups in total. The highest BCUT2D eigenvalue weighted by Crippen LogP contribution is 2.26. The molecule has 0 atom stereocenters. The molecule has 0 bridgehead atoms. The zero-order valence-electron chi connectivity index (χ0n) is 12.2. The fourth-order valence-electron chi connectivity index (χ4n) is 2.28. The number of hydrogen-bond donors (Lipinski definition) is 1. The fourth-order valence-corrected chi connectivity index (χ4v) is 2.78. The maximum absolute atomic E-state index is 12.6. The Balaban J connectivity index is 1.93. The molecule has 1 heterocycles. The summed E-state index contributed by atoms with van der Waals surface area (Å²) in [5, 5.41) is 3.88.